The minimum atomic E-state index is -1.41. The minimum absolute atomic E-state index is 0.154. The summed E-state index contributed by atoms with van der Waals surface area (Å²) in [6, 6.07) is 27.0. The van der Waals surface area contributed by atoms with Crippen LogP contribution in [-0.2, 0) is 4.79 Å². The number of hydrogen-bond acceptors (Lipinski definition) is 6. The molecule has 0 saturated carbocycles. The normalized spacial score (nSPS) is 14.3. The first-order valence-electron chi connectivity index (χ1n) is 13.2. The maximum absolute atomic E-state index is 14.1. The van der Waals surface area contributed by atoms with E-state index >= 15 is 0 Å². The van der Waals surface area contributed by atoms with Crippen LogP contribution in [0.15, 0.2) is 102 Å². The van der Waals surface area contributed by atoms with Crippen LogP contribution in [0.4, 0.5) is 21.9 Å². The molecule has 1 atom stereocenters. The fourth-order valence-corrected chi connectivity index (χ4v) is 4.87. The number of Topliss-reactive ketones (excluding diaryl/α,β-unsaturated/α-hetero) is 1. The van der Waals surface area contributed by atoms with E-state index < -0.39 is 23.0 Å². The summed E-state index contributed by atoms with van der Waals surface area (Å²) in [6.45, 7) is 3.07. The molecule has 0 unspecified atom stereocenters. The predicted molar refractivity (Wildman–Crippen MR) is 160 cm³/mol. The number of benzodiazepines with no additional fused rings is 1. The van der Waals surface area contributed by atoms with Gasteiger partial charge >= 0.3 is 6.03 Å². The highest BCUT2D eigenvalue weighted by Gasteiger charge is 2.34. The number of aryl methyl sites for hydroxylation is 1. The Bertz CT molecular complexity index is 1730. The standard InChI is InChI=1S/C32H27N5O5/c1-20-11-6-7-14-23(20)28(38)19-36-27-17-9-8-15-24(27)29(22-12-4-3-5-13-22)34-30(31(36)39)35-32(40)33-25-16-10-18-26(21(25)2)37(41)42/h3-18,30H,19H2,1-2H3,(H2,33,35,40)/t30-/m0/s1. The summed E-state index contributed by atoms with van der Waals surface area (Å²) in [5, 5.41) is 16.6. The van der Waals surface area contributed by atoms with Gasteiger partial charge in [-0.2, -0.15) is 0 Å². The number of nitro groups is 1. The maximum Gasteiger partial charge on any atom is 0.321 e. The van der Waals surface area contributed by atoms with Gasteiger partial charge in [-0.3, -0.25) is 19.7 Å². The second-order valence-corrected chi connectivity index (χ2v) is 9.73. The number of hydrogen-bond donors (Lipinski definition) is 2. The number of nitrogens with zero attached hydrogens (tertiary/aromatic N) is 3. The number of benzene rings is 4. The van der Waals surface area contributed by atoms with Gasteiger partial charge in [0.15, 0.2) is 5.78 Å². The molecule has 42 heavy (non-hydrogen) atoms. The van der Waals surface area contributed by atoms with Gasteiger partial charge in [-0.25, -0.2) is 9.79 Å². The lowest BCUT2D eigenvalue weighted by Gasteiger charge is -2.25. The second kappa shape index (κ2) is 11.8. The molecule has 0 spiro atoms. The van der Waals surface area contributed by atoms with E-state index in [2.05, 4.69) is 10.6 Å². The monoisotopic (exact) mass is 561 g/mol. The zero-order valence-electron chi connectivity index (χ0n) is 22.9. The van der Waals surface area contributed by atoms with Crippen LogP contribution < -0.4 is 15.5 Å². The molecule has 10 nitrogen and oxygen atoms in total. The molecule has 210 valence electrons. The Labute approximate surface area is 241 Å². The summed E-state index contributed by atoms with van der Waals surface area (Å²) in [4.78, 5) is 57.6. The molecular formula is C32H27N5O5. The molecule has 3 amide bonds. The third-order valence-corrected chi connectivity index (χ3v) is 7.02. The third kappa shape index (κ3) is 5.64. The third-order valence-electron chi connectivity index (χ3n) is 7.02. The first-order valence-corrected chi connectivity index (χ1v) is 13.2. The molecule has 1 aliphatic rings. The summed E-state index contributed by atoms with van der Waals surface area (Å²) < 4.78 is 0. The lowest BCUT2D eigenvalue weighted by atomic mass is 9.99. The molecule has 0 saturated heterocycles. The number of aliphatic imine (C=N–C) groups is 1. The fourth-order valence-electron chi connectivity index (χ4n) is 4.87. The Morgan fingerprint density at radius 1 is 0.905 bits per heavy atom. The topological polar surface area (TPSA) is 134 Å². The van der Waals surface area contributed by atoms with Gasteiger partial charge in [0, 0.05) is 22.8 Å². The molecule has 4 aromatic rings. The number of rotatable bonds is 7. The average Bonchev–Trinajstić information content (AvgIpc) is 3.09. The molecule has 4 aromatic carbocycles. The predicted octanol–water partition coefficient (Wildman–Crippen LogP) is 5.43. The number of ketones is 1. The molecule has 0 aliphatic carbocycles. The van der Waals surface area contributed by atoms with Crippen molar-refractivity contribution >= 4 is 40.5 Å². The summed E-state index contributed by atoms with van der Waals surface area (Å²) in [5.41, 5.74) is 3.86. The number of nitrogens with one attached hydrogen (secondary N) is 2. The first-order chi connectivity index (χ1) is 20.2. The highest BCUT2D eigenvalue weighted by atomic mass is 16.6. The average molecular weight is 562 g/mol. The van der Waals surface area contributed by atoms with Gasteiger partial charge < -0.3 is 15.5 Å². The molecule has 2 N–H and O–H groups in total. The van der Waals surface area contributed by atoms with Crippen molar-refractivity contribution < 1.29 is 19.3 Å². The minimum Gasteiger partial charge on any atom is -0.308 e. The number of carbonyl (C=O) groups excluding carboxylic acids is 3. The largest absolute Gasteiger partial charge is 0.321 e. The van der Waals surface area contributed by atoms with Gasteiger partial charge in [-0.15, -0.1) is 0 Å². The van der Waals surface area contributed by atoms with Crippen molar-refractivity contribution in [1.82, 2.24) is 5.32 Å². The van der Waals surface area contributed by atoms with Gasteiger partial charge in [0.1, 0.15) is 0 Å². The lowest BCUT2D eigenvalue weighted by Crippen LogP contribution is -2.50. The van der Waals surface area contributed by atoms with E-state index in [0.29, 0.717) is 28.1 Å². The van der Waals surface area contributed by atoms with Crippen LogP contribution in [0, 0.1) is 24.0 Å². The molecule has 5 rings (SSSR count). The van der Waals surface area contributed by atoms with Crippen molar-refractivity contribution in [3.63, 3.8) is 0 Å². The van der Waals surface area contributed by atoms with Gasteiger partial charge in [0.25, 0.3) is 11.6 Å². The molecule has 0 aromatic heterocycles. The van der Waals surface area contributed by atoms with Crippen LogP contribution in [0.5, 0.6) is 0 Å². The highest BCUT2D eigenvalue weighted by molar-refractivity contribution is 6.21. The smallest absolute Gasteiger partial charge is 0.308 e. The van der Waals surface area contributed by atoms with E-state index in [4.69, 9.17) is 4.99 Å². The molecular weight excluding hydrogens is 534 g/mol. The van der Waals surface area contributed by atoms with E-state index in [0.717, 1.165) is 5.56 Å². The quantitative estimate of drug-likeness (QED) is 0.176. The molecule has 0 fully saturated rings. The Morgan fingerprint density at radius 3 is 2.33 bits per heavy atom. The summed E-state index contributed by atoms with van der Waals surface area (Å²) in [6.07, 6.45) is -1.41. The van der Waals surface area contributed by atoms with Crippen LogP contribution in [-0.4, -0.2) is 41.1 Å². The van der Waals surface area contributed by atoms with Crippen LogP contribution in [0.1, 0.15) is 32.6 Å². The van der Waals surface area contributed by atoms with Gasteiger partial charge in [0.2, 0.25) is 6.17 Å². The van der Waals surface area contributed by atoms with Crippen LogP contribution in [0.3, 0.4) is 0 Å². The Morgan fingerprint density at radius 2 is 1.60 bits per heavy atom. The Kier molecular flexibility index (Phi) is 7.87. The molecule has 0 radical (unpaired) electrons. The highest BCUT2D eigenvalue weighted by Crippen LogP contribution is 2.29. The van der Waals surface area contributed by atoms with E-state index in [-0.39, 0.29) is 29.3 Å². The number of anilines is 2. The number of fused-ring (bicyclic) bond motifs is 1. The first kappa shape index (κ1) is 27.9. The van der Waals surface area contributed by atoms with E-state index in [1.807, 2.05) is 61.5 Å². The summed E-state index contributed by atoms with van der Waals surface area (Å²) >= 11 is 0. The van der Waals surface area contributed by atoms with Crippen molar-refractivity contribution in [2.75, 3.05) is 16.8 Å². The molecule has 10 heteroatoms. The van der Waals surface area contributed by atoms with Crippen molar-refractivity contribution in [2.45, 2.75) is 20.0 Å². The van der Waals surface area contributed by atoms with Crippen molar-refractivity contribution in [1.29, 1.82) is 0 Å². The zero-order chi connectivity index (χ0) is 29.8. The van der Waals surface area contributed by atoms with Crippen molar-refractivity contribution in [3.8, 4) is 0 Å². The zero-order valence-corrected chi connectivity index (χ0v) is 22.9. The molecule has 0 bridgehead atoms. The van der Waals surface area contributed by atoms with E-state index in [9.17, 15) is 24.5 Å². The Hall–Kier alpha value is -5.64. The number of amides is 3. The van der Waals surface area contributed by atoms with Crippen LogP contribution >= 0.6 is 0 Å². The number of carbonyl (C=O) groups is 3. The van der Waals surface area contributed by atoms with E-state index in [1.54, 1.807) is 24.3 Å². The number of nitro benzene ring substituents is 1. The second-order valence-electron chi connectivity index (χ2n) is 9.73. The van der Waals surface area contributed by atoms with Gasteiger partial charge in [-0.05, 0) is 31.5 Å². The lowest BCUT2D eigenvalue weighted by molar-refractivity contribution is -0.385. The van der Waals surface area contributed by atoms with Gasteiger partial charge in [0.05, 0.1) is 34.1 Å². The SMILES string of the molecule is Cc1ccccc1C(=O)CN1C(=O)[C@H](NC(=O)Nc2cccc([N+](=O)[O-])c2C)N=C(c2ccccc2)c2ccccc21. The van der Waals surface area contributed by atoms with E-state index in [1.165, 1.54) is 30.0 Å². The molecule has 1 aliphatic heterocycles. The van der Waals surface area contributed by atoms with Crippen LogP contribution in [0.2, 0.25) is 0 Å². The summed E-state index contributed by atoms with van der Waals surface area (Å²) in [7, 11) is 0. The van der Waals surface area contributed by atoms with Gasteiger partial charge in [-0.1, -0.05) is 78.9 Å². The maximum atomic E-state index is 14.1. The Balaban J connectivity index is 1.54. The van der Waals surface area contributed by atoms with Crippen molar-refractivity contribution in [3.05, 3.63) is 135 Å². The molecule has 1 heterocycles. The van der Waals surface area contributed by atoms with Crippen LogP contribution in [0.25, 0.3) is 0 Å². The fraction of sp³-hybridized carbons (Fsp3) is 0.125. The summed E-state index contributed by atoms with van der Waals surface area (Å²) in [5.74, 6) is -0.879. The number of urea groups is 1. The number of para-hydroxylation sites is 1. The van der Waals surface area contributed by atoms with Crippen molar-refractivity contribution in [2.24, 2.45) is 4.99 Å².